The summed E-state index contributed by atoms with van der Waals surface area (Å²) in [6.45, 7) is 4.12. The van der Waals surface area contributed by atoms with Gasteiger partial charge in [-0.1, -0.05) is 12.1 Å². The van der Waals surface area contributed by atoms with Crippen molar-refractivity contribution in [3.63, 3.8) is 0 Å². The van der Waals surface area contributed by atoms with Crippen LogP contribution in [0.25, 0.3) is 0 Å². The normalized spacial score (nSPS) is 18.2. The first kappa shape index (κ1) is 25.0. The highest BCUT2D eigenvalue weighted by Gasteiger charge is 2.31. The van der Waals surface area contributed by atoms with Crippen LogP contribution in [-0.2, 0) is 9.53 Å². The van der Waals surface area contributed by atoms with Crippen LogP contribution in [0, 0.1) is 11.7 Å². The lowest BCUT2D eigenvalue weighted by atomic mass is 10.1. The number of hydrogen-bond donors (Lipinski definition) is 2. The topological polar surface area (TPSA) is 94.2 Å². The summed E-state index contributed by atoms with van der Waals surface area (Å²) in [5, 5.41) is 5.60. The van der Waals surface area contributed by atoms with Crippen LogP contribution in [0.1, 0.15) is 29.6 Å². The first-order chi connectivity index (χ1) is 18.0. The molecular formula is C27H32FN5O4. The van der Waals surface area contributed by atoms with E-state index < -0.39 is 5.82 Å². The Kier molecular flexibility index (Phi) is 7.55. The number of nitrogens with zero attached hydrogens (tertiary/aromatic N) is 3. The molecule has 0 bridgehead atoms. The van der Waals surface area contributed by atoms with Crippen molar-refractivity contribution in [3.05, 3.63) is 53.8 Å². The molecule has 10 heteroatoms. The zero-order valence-corrected chi connectivity index (χ0v) is 20.7. The smallest absolute Gasteiger partial charge is 0.321 e. The summed E-state index contributed by atoms with van der Waals surface area (Å²) in [4.78, 5) is 44.3. The lowest BCUT2D eigenvalue weighted by molar-refractivity contribution is -0.117. The van der Waals surface area contributed by atoms with Crippen molar-refractivity contribution >= 4 is 34.9 Å². The SMILES string of the molecule is O=C(Nc1ccc(N2CCCN(C(=O)Nc3ccccc3F)CC2)c(C(=O)N2CCOCC2)c1)C1CC1. The number of rotatable bonds is 5. The van der Waals surface area contributed by atoms with Crippen molar-refractivity contribution in [2.24, 2.45) is 5.92 Å². The second-order valence-corrected chi connectivity index (χ2v) is 9.64. The molecule has 0 atom stereocenters. The fourth-order valence-electron chi connectivity index (χ4n) is 4.71. The van der Waals surface area contributed by atoms with Gasteiger partial charge in [0.2, 0.25) is 5.91 Å². The minimum Gasteiger partial charge on any atom is -0.378 e. The average Bonchev–Trinajstić information content (AvgIpc) is 3.78. The lowest BCUT2D eigenvalue weighted by Crippen LogP contribution is -2.42. The zero-order valence-electron chi connectivity index (χ0n) is 20.7. The van der Waals surface area contributed by atoms with Gasteiger partial charge in [0.1, 0.15) is 5.82 Å². The Morgan fingerprint density at radius 2 is 1.65 bits per heavy atom. The van der Waals surface area contributed by atoms with Gasteiger partial charge >= 0.3 is 6.03 Å². The van der Waals surface area contributed by atoms with E-state index in [1.54, 1.807) is 28.0 Å². The highest BCUT2D eigenvalue weighted by atomic mass is 19.1. The van der Waals surface area contributed by atoms with Gasteiger partial charge in [0.15, 0.2) is 0 Å². The van der Waals surface area contributed by atoms with E-state index in [1.165, 1.54) is 12.1 Å². The predicted molar refractivity (Wildman–Crippen MR) is 138 cm³/mol. The van der Waals surface area contributed by atoms with E-state index in [0.29, 0.717) is 70.2 Å². The summed E-state index contributed by atoms with van der Waals surface area (Å²) < 4.78 is 19.4. The second-order valence-electron chi connectivity index (χ2n) is 9.64. The van der Waals surface area contributed by atoms with Crippen LogP contribution in [0.3, 0.4) is 0 Å². The fourth-order valence-corrected chi connectivity index (χ4v) is 4.71. The highest BCUT2D eigenvalue weighted by Crippen LogP contribution is 2.32. The summed E-state index contributed by atoms with van der Waals surface area (Å²) in [5.41, 5.74) is 2.06. The monoisotopic (exact) mass is 509 g/mol. The number of nitrogens with one attached hydrogen (secondary N) is 2. The first-order valence-corrected chi connectivity index (χ1v) is 12.9. The van der Waals surface area contributed by atoms with Gasteiger partial charge in [-0.05, 0) is 49.6 Å². The highest BCUT2D eigenvalue weighted by molar-refractivity contribution is 6.02. The number of amides is 4. The Hall–Kier alpha value is -3.66. The molecule has 4 amide bonds. The molecule has 1 aliphatic carbocycles. The molecule has 2 N–H and O–H groups in total. The maximum Gasteiger partial charge on any atom is 0.321 e. The zero-order chi connectivity index (χ0) is 25.8. The Morgan fingerprint density at radius 3 is 2.41 bits per heavy atom. The fraction of sp³-hybridized carbons (Fsp3) is 0.444. The number of anilines is 3. The number of carbonyl (C=O) groups excluding carboxylic acids is 3. The number of ether oxygens (including phenoxy) is 1. The number of halogens is 1. The Bertz CT molecular complexity index is 1170. The van der Waals surface area contributed by atoms with E-state index in [1.807, 2.05) is 12.1 Å². The van der Waals surface area contributed by atoms with Gasteiger partial charge in [0.25, 0.3) is 5.91 Å². The van der Waals surface area contributed by atoms with Crippen LogP contribution < -0.4 is 15.5 Å². The lowest BCUT2D eigenvalue weighted by Gasteiger charge is -2.30. The van der Waals surface area contributed by atoms with Crippen molar-refractivity contribution in [3.8, 4) is 0 Å². The molecule has 0 aromatic heterocycles. The van der Waals surface area contributed by atoms with Crippen molar-refractivity contribution in [2.45, 2.75) is 19.3 Å². The summed E-state index contributed by atoms with van der Waals surface area (Å²) in [5.74, 6) is -0.527. The van der Waals surface area contributed by atoms with Gasteiger partial charge in [-0.2, -0.15) is 0 Å². The average molecular weight is 510 g/mol. The van der Waals surface area contributed by atoms with Crippen molar-refractivity contribution in [2.75, 3.05) is 68.0 Å². The second kappa shape index (κ2) is 11.2. The maximum absolute atomic E-state index is 14.0. The van der Waals surface area contributed by atoms with E-state index in [4.69, 9.17) is 4.74 Å². The maximum atomic E-state index is 14.0. The van der Waals surface area contributed by atoms with Gasteiger partial charge < -0.3 is 30.1 Å². The van der Waals surface area contributed by atoms with Gasteiger partial charge in [-0.25, -0.2) is 9.18 Å². The van der Waals surface area contributed by atoms with Gasteiger partial charge in [-0.3, -0.25) is 9.59 Å². The van der Waals surface area contributed by atoms with Crippen molar-refractivity contribution in [1.82, 2.24) is 9.80 Å². The van der Waals surface area contributed by atoms with Crippen LogP contribution in [-0.4, -0.2) is 80.1 Å². The molecule has 37 heavy (non-hydrogen) atoms. The molecule has 0 unspecified atom stereocenters. The molecule has 0 spiro atoms. The van der Waals surface area contributed by atoms with Crippen molar-refractivity contribution in [1.29, 1.82) is 0 Å². The molecule has 2 aromatic carbocycles. The standard InChI is InChI=1S/C27H32FN5O4/c28-22-4-1-2-5-23(22)30-27(36)33-11-3-10-31(12-13-33)24-9-8-20(29-25(34)19-6-7-19)18-21(24)26(35)32-14-16-37-17-15-32/h1-2,4-5,8-9,18-19H,3,6-7,10-17H2,(H,29,34)(H,30,36). The van der Waals surface area contributed by atoms with Gasteiger partial charge in [-0.15, -0.1) is 0 Å². The molecule has 5 rings (SSSR count). The number of morpholine rings is 1. The quantitative estimate of drug-likeness (QED) is 0.645. The summed E-state index contributed by atoms with van der Waals surface area (Å²) >= 11 is 0. The molecule has 196 valence electrons. The molecule has 0 radical (unpaired) electrons. The van der Waals surface area contributed by atoms with Crippen LogP contribution in [0.4, 0.5) is 26.2 Å². The summed E-state index contributed by atoms with van der Waals surface area (Å²) in [6, 6.07) is 11.2. The third kappa shape index (κ3) is 6.02. The van der Waals surface area contributed by atoms with Crippen LogP contribution in [0.2, 0.25) is 0 Å². The van der Waals surface area contributed by atoms with E-state index >= 15 is 0 Å². The van der Waals surface area contributed by atoms with Crippen molar-refractivity contribution < 1.29 is 23.5 Å². The molecule has 2 aromatic rings. The Labute approximate surface area is 215 Å². The van der Waals surface area contributed by atoms with Crippen LogP contribution in [0.5, 0.6) is 0 Å². The van der Waals surface area contributed by atoms with Crippen LogP contribution >= 0.6 is 0 Å². The van der Waals surface area contributed by atoms with E-state index in [-0.39, 0.29) is 29.5 Å². The number of urea groups is 1. The Balaban J connectivity index is 1.32. The molecule has 1 saturated carbocycles. The summed E-state index contributed by atoms with van der Waals surface area (Å²) in [7, 11) is 0. The third-order valence-electron chi connectivity index (χ3n) is 6.98. The number of benzene rings is 2. The van der Waals surface area contributed by atoms with Gasteiger partial charge in [0, 0.05) is 56.6 Å². The number of hydrogen-bond acceptors (Lipinski definition) is 5. The molecule has 2 heterocycles. The Morgan fingerprint density at radius 1 is 0.865 bits per heavy atom. The van der Waals surface area contributed by atoms with Crippen LogP contribution in [0.15, 0.2) is 42.5 Å². The van der Waals surface area contributed by atoms with E-state index in [9.17, 15) is 18.8 Å². The third-order valence-corrected chi connectivity index (χ3v) is 6.98. The van der Waals surface area contributed by atoms with E-state index in [0.717, 1.165) is 18.5 Å². The first-order valence-electron chi connectivity index (χ1n) is 12.9. The molecule has 2 saturated heterocycles. The number of para-hydroxylation sites is 1. The van der Waals surface area contributed by atoms with E-state index in [2.05, 4.69) is 15.5 Å². The molecule has 2 aliphatic heterocycles. The minimum absolute atomic E-state index is 0.0104. The van der Waals surface area contributed by atoms with Gasteiger partial charge in [0.05, 0.1) is 24.5 Å². The minimum atomic E-state index is -0.479. The molecule has 3 aliphatic rings. The largest absolute Gasteiger partial charge is 0.378 e. The molecule has 3 fully saturated rings. The summed E-state index contributed by atoms with van der Waals surface area (Å²) in [6.07, 6.45) is 2.49. The molecular weight excluding hydrogens is 477 g/mol. The number of carbonyl (C=O) groups is 3. The molecule has 9 nitrogen and oxygen atoms in total. The predicted octanol–water partition coefficient (Wildman–Crippen LogP) is 3.39.